The minimum absolute atomic E-state index is 0.133. The van der Waals surface area contributed by atoms with Crippen molar-refractivity contribution in [2.75, 3.05) is 0 Å². The summed E-state index contributed by atoms with van der Waals surface area (Å²) in [5.74, 6) is 0.133. The number of hydrogen-bond donors (Lipinski definition) is 1. The van der Waals surface area contributed by atoms with E-state index in [-0.39, 0.29) is 5.75 Å². The number of nitrogens with zero attached hydrogens (tertiary/aromatic N) is 3. The standard InChI is InChI=1S/C21H12ClN3O2S2/c22-14-4-1-12(2-5-14)17-11-29-20(24-17)16-9-13-3-6-15(26)10-18(13)27-19(16)25-21-23-7-8-28-21/h1-11,26H. The number of rotatable bonds is 3. The maximum absolute atomic E-state index is 9.79. The van der Waals surface area contributed by atoms with Gasteiger partial charge in [0.25, 0.3) is 0 Å². The number of thiazole rings is 2. The van der Waals surface area contributed by atoms with E-state index in [1.807, 2.05) is 41.1 Å². The number of halogens is 1. The highest BCUT2D eigenvalue weighted by molar-refractivity contribution is 7.13. The van der Waals surface area contributed by atoms with E-state index in [1.165, 1.54) is 22.7 Å². The summed E-state index contributed by atoms with van der Waals surface area (Å²) in [6.45, 7) is 0. The average Bonchev–Trinajstić information content (AvgIpc) is 3.40. The van der Waals surface area contributed by atoms with Crippen molar-refractivity contribution >= 4 is 50.4 Å². The van der Waals surface area contributed by atoms with Gasteiger partial charge in [0, 0.05) is 39.0 Å². The molecule has 1 N–H and O–H groups in total. The first-order valence-electron chi connectivity index (χ1n) is 8.59. The van der Waals surface area contributed by atoms with Crippen LogP contribution in [-0.4, -0.2) is 15.1 Å². The van der Waals surface area contributed by atoms with E-state index in [0.717, 1.165) is 27.2 Å². The van der Waals surface area contributed by atoms with E-state index in [2.05, 4.69) is 9.98 Å². The van der Waals surface area contributed by atoms with Crippen LogP contribution in [0.2, 0.25) is 5.02 Å². The molecule has 0 aliphatic rings. The fourth-order valence-electron chi connectivity index (χ4n) is 2.85. The molecule has 29 heavy (non-hydrogen) atoms. The Labute approximate surface area is 178 Å². The maximum atomic E-state index is 9.79. The van der Waals surface area contributed by atoms with Crippen molar-refractivity contribution in [3.05, 3.63) is 76.1 Å². The number of fused-ring (bicyclic) bond motifs is 1. The topological polar surface area (TPSA) is 71.5 Å². The third-order valence-corrected chi connectivity index (χ3v) is 6.02. The van der Waals surface area contributed by atoms with E-state index >= 15 is 0 Å². The summed E-state index contributed by atoms with van der Waals surface area (Å²) in [7, 11) is 0. The summed E-state index contributed by atoms with van der Waals surface area (Å²) in [6.07, 6.45) is 1.69. The summed E-state index contributed by atoms with van der Waals surface area (Å²) < 4.78 is 6.02. The van der Waals surface area contributed by atoms with Gasteiger partial charge in [-0.1, -0.05) is 23.7 Å². The van der Waals surface area contributed by atoms with Crippen LogP contribution in [0.1, 0.15) is 0 Å². The Morgan fingerprint density at radius 2 is 1.90 bits per heavy atom. The van der Waals surface area contributed by atoms with Gasteiger partial charge < -0.3 is 9.52 Å². The summed E-state index contributed by atoms with van der Waals surface area (Å²) in [5, 5.41) is 16.5. The summed E-state index contributed by atoms with van der Waals surface area (Å²) in [4.78, 5) is 13.6. The van der Waals surface area contributed by atoms with Gasteiger partial charge in [-0.3, -0.25) is 0 Å². The van der Waals surface area contributed by atoms with Gasteiger partial charge in [0.15, 0.2) is 0 Å². The van der Waals surface area contributed by atoms with Crippen LogP contribution in [0.25, 0.3) is 32.8 Å². The molecule has 5 rings (SSSR count). The van der Waals surface area contributed by atoms with E-state index in [9.17, 15) is 5.11 Å². The second-order valence-electron chi connectivity index (χ2n) is 6.16. The van der Waals surface area contributed by atoms with E-state index < -0.39 is 0 Å². The zero-order valence-electron chi connectivity index (χ0n) is 14.7. The quantitative estimate of drug-likeness (QED) is 0.361. The third kappa shape index (κ3) is 3.67. The Kier molecular flexibility index (Phi) is 4.63. The summed E-state index contributed by atoms with van der Waals surface area (Å²) in [6, 6.07) is 14.5. The molecule has 0 fully saturated rings. The Morgan fingerprint density at radius 1 is 1.03 bits per heavy atom. The number of aromatic nitrogens is 2. The first-order chi connectivity index (χ1) is 14.2. The first-order valence-corrected chi connectivity index (χ1v) is 10.7. The SMILES string of the molecule is Oc1ccc2cc(-c3nc(-c4ccc(Cl)cc4)cs3)c(=Nc3nccs3)oc2c1. The predicted molar refractivity (Wildman–Crippen MR) is 117 cm³/mol. The van der Waals surface area contributed by atoms with Gasteiger partial charge in [-0.25, -0.2) is 9.97 Å². The molecule has 0 saturated carbocycles. The van der Waals surface area contributed by atoms with Gasteiger partial charge in [-0.05, 0) is 30.3 Å². The molecule has 0 aliphatic carbocycles. The highest BCUT2D eigenvalue weighted by Crippen LogP contribution is 2.30. The lowest BCUT2D eigenvalue weighted by molar-refractivity contribution is 0.472. The monoisotopic (exact) mass is 437 g/mol. The fraction of sp³-hybridized carbons (Fsp3) is 0. The second-order valence-corrected chi connectivity index (χ2v) is 8.33. The van der Waals surface area contributed by atoms with Gasteiger partial charge in [0.2, 0.25) is 10.7 Å². The largest absolute Gasteiger partial charge is 0.508 e. The highest BCUT2D eigenvalue weighted by Gasteiger charge is 2.13. The Balaban J connectivity index is 1.69. The minimum Gasteiger partial charge on any atom is -0.508 e. The lowest BCUT2D eigenvalue weighted by Crippen LogP contribution is -2.05. The molecule has 0 radical (unpaired) electrons. The molecule has 0 amide bonds. The van der Waals surface area contributed by atoms with Crippen molar-refractivity contribution < 1.29 is 9.52 Å². The molecule has 0 spiro atoms. The van der Waals surface area contributed by atoms with Crippen LogP contribution in [0.3, 0.4) is 0 Å². The molecule has 0 unspecified atom stereocenters. The normalized spacial score (nSPS) is 12.0. The molecule has 8 heteroatoms. The molecule has 0 aliphatic heterocycles. The first kappa shape index (κ1) is 18.1. The Hall–Kier alpha value is -3.00. The molecule has 5 nitrogen and oxygen atoms in total. The van der Waals surface area contributed by atoms with Crippen molar-refractivity contribution in [1.29, 1.82) is 0 Å². The molecule has 0 saturated heterocycles. The third-order valence-electron chi connectivity index (χ3n) is 4.23. The highest BCUT2D eigenvalue weighted by atomic mass is 35.5. The van der Waals surface area contributed by atoms with Crippen LogP contribution in [-0.2, 0) is 0 Å². The number of aromatic hydroxyl groups is 1. The van der Waals surface area contributed by atoms with Crippen LogP contribution >= 0.6 is 34.3 Å². The molecule has 142 valence electrons. The molecule has 0 bridgehead atoms. The lowest BCUT2D eigenvalue weighted by Gasteiger charge is -2.03. The van der Waals surface area contributed by atoms with Crippen LogP contribution in [0.4, 0.5) is 5.13 Å². The molecular weight excluding hydrogens is 426 g/mol. The second kappa shape index (κ2) is 7.44. The number of hydrogen-bond acceptors (Lipinski definition) is 7. The van der Waals surface area contributed by atoms with Crippen LogP contribution in [0, 0.1) is 0 Å². The van der Waals surface area contributed by atoms with Crippen LogP contribution < -0.4 is 5.55 Å². The van der Waals surface area contributed by atoms with Crippen LogP contribution in [0.5, 0.6) is 5.75 Å². The smallest absolute Gasteiger partial charge is 0.232 e. The summed E-state index contributed by atoms with van der Waals surface area (Å²) in [5.41, 5.74) is 3.54. The lowest BCUT2D eigenvalue weighted by atomic mass is 10.1. The minimum atomic E-state index is 0.133. The van der Waals surface area contributed by atoms with Crippen molar-refractivity contribution in [3.63, 3.8) is 0 Å². The van der Waals surface area contributed by atoms with Crippen molar-refractivity contribution in [2.45, 2.75) is 0 Å². The van der Waals surface area contributed by atoms with Crippen molar-refractivity contribution in [2.24, 2.45) is 4.99 Å². The Morgan fingerprint density at radius 3 is 2.69 bits per heavy atom. The number of benzene rings is 2. The molecule has 5 aromatic rings. The zero-order valence-corrected chi connectivity index (χ0v) is 17.1. The van der Waals surface area contributed by atoms with Crippen LogP contribution in [0.15, 0.2) is 74.9 Å². The van der Waals surface area contributed by atoms with E-state index in [1.54, 1.807) is 24.4 Å². The molecule has 3 heterocycles. The predicted octanol–water partition coefficient (Wildman–Crippen LogP) is 6.27. The van der Waals surface area contributed by atoms with E-state index in [0.29, 0.717) is 21.3 Å². The molecule has 0 atom stereocenters. The van der Waals surface area contributed by atoms with Gasteiger partial charge in [-0.15, -0.1) is 22.7 Å². The number of phenolic OH excluding ortho intramolecular Hbond substituents is 1. The zero-order chi connectivity index (χ0) is 19.8. The number of phenols is 1. The average molecular weight is 438 g/mol. The Bertz CT molecular complexity index is 1370. The fourth-order valence-corrected chi connectivity index (χ4v) is 4.32. The summed E-state index contributed by atoms with van der Waals surface area (Å²) >= 11 is 8.92. The molecular formula is C21H12ClN3O2S2. The molecule has 3 aromatic heterocycles. The van der Waals surface area contributed by atoms with Gasteiger partial charge in [0.05, 0.1) is 11.3 Å². The van der Waals surface area contributed by atoms with Gasteiger partial charge in [-0.2, -0.15) is 4.99 Å². The van der Waals surface area contributed by atoms with Gasteiger partial charge in [0.1, 0.15) is 16.3 Å². The van der Waals surface area contributed by atoms with Crippen molar-refractivity contribution in [1.82, 2.24) is 9.97 Å². The van der Waals surface area contributed by atoms with Gasteiger partial charge >= 0.3 is 0 Å². The van der Waals surface area contributed by atoms with Crippen molar-refractivity contribution in [3.8, 4) is 27.6 Å². The molecule has 2 aromatic carbocycles. The maximum Gasteiger partial charge on any atom is 0.232 e. The van der Waals surface area contributed by atoms with E-state index in [4.69, 9.17) is 21.0 Å².